The molecular weight excluding hydrogens is 274 g/mol. The van der Waals surface area contributed by atoms with Crippen LogP contribution in [-0.2, 0) is 26.6 Å². The molecule has 0 radical (unpaired) electrons. The van der Waals surface area contributed by atoms with Crippen molar-refractivity contribution in [1.82, 2.24) is 14.5 Å². The van der Waals surface area contributed by atoms with Crippen LogP contribution in [0.25, 0.3) is 0 Å². The van der Waals surface area contributed by atoms with Gasteiger partial charge in [0.15, 0.2) is 0 Å². The molecule has 0 aliphatic rings. The number of rotatable bonds is 8. The molecule has 8 nitrogen and oxygen atoms in total. The summed E-state index contributed by atoms with van der Waals surface area (Å²) >= 11 is 0. The smallest absolute Gasteiger partial charge is 0.326 e. The van der Waals surface area contributed by atoms with Crippen LogP contribution in [0.5, 0.6) is 0 Å². The highest BCUT2D eigenvalue weighted by molar-refractivity contribution is 7.89. The molecule has 1 unspecified atom stereocenters. The molecule has 0 saturated heterocycles. The van der Waals surface area contributed by atoms with Gasteiger partial charge in [-0.1, -0.05) is 0 Å². The molecule has 0 aliphatic heterocycles. The summed E-state index contributed by atoms with van der Waals surface area (Å²) in [5.41, 5.74) is 0.273. The number of hydrogen-bond donors (Lipinski definition) is 2. The van der Waals surface area contributed by atoms with Crippen molar-refractivity contribution in [2.24, 2.45) is 7.05 Å². The molecule has 1 atom stereocenters. The van der Waals surface area contributed by atoms with Crippen molar-refractivity contribution in [3.05, 3.63) is 18.0 Å². The average Bonchev–Trinajstić information content (AvgIpc) is 2.72. The lowest BCUT2D eigenvalue weighted by molar-refractivity contribution is -0.139. The van der Waals surface area contributed by atoms with Crippen molar-refractivity contribution >= 4 is 16.0 Å². The Balaban J connectivity index is 2.77. The van der Waals surface area contributed by atoms with Crippen LogP contribution in [0.4, 0.5) is 0 Å². The average molecular weight is 291 g/mol. The maximum absolute atomic E-state index is 11.7. The van der Waals surface area contributed by atoms with Gasteiger partial charge in [0.25, 0.3) is 0 Å². The number of nitrogens with one attached hydrogen (secondary N) is 1. The van der Waals surface area contributed by atoms with E-state index >= 15 is 0 Å². The van der Waals surface area contributed by atoms with Gasteiger partial charge in [-0.05, 0) is 6.92 Å². The Kier molecular flexibility index (Phi) is 5.45. The minimum absolute atomic E-state index is 0.0191. The van der Waals surface area contributed by atoms with Crippen LogP contribution in [0.1, 0.15) is 18.5 Å². The molecular formula is C10H17N3O5S. The van der Waals surface area contributed by atoms with Gasteiger partial charge < -0.3 is 9.84 Å². The molecule has 1 heterocycles. The number of ether oxygens (including phenoxy) is 1. The Bertz CT molecular complexity index is 525. The van der Waals surface area contributed by atoms with Gasteiger partial charge in [0.2, 0.25) is 10.0 Å². The lowest BCUT2D eigenvalue weighted by Crippen LogP contribution is -2.36. The summed E-state index contributed by atoms with van der Waals surface area (Å²) in [6.07, 6.45) is 2.76. The molecule has 108 valence electrons. The van der Waals surface area contributed by atoms with Crippen LogP contribution in [-0.4, -0.2) is 48.2 Å². The Morgan fingerprint density at radius 3 is 2.79 bits per heavy atom. The summed E-state index contributed by atoms with van der Waals surface area (Å²) in [7, 11) is -2.11. The van der Waals surface area contributed by atoms with Crippen molar-refractivity contribution < 1.29 is 23.1 Å². The van der Waals surface area contributed by atoms with Gasteiger partial charge in [-0.3, -0.25) is 9.48 Å². The Labute approximate surface area is 111 Å². The van der Waals surface area contributed by atoms with Gasteiger partial charge in [0.1, 0.15) is 6.04 Å². The number of hydrogen-bond acceptors (Lipinski definition) is 5. The topological polar surface area (TPSA) is 111 Å². The normalized spacial score (nSPS) is 13.4. The van der Waals surface area contributed by atoms with E-state index in [1.54, 1.807) is 14.0 Å². The SMILES string of the molecule is CCOCCS(=O)(=O)NC(C(=O)O)c1cnn(C)c1. The largest absolute Gasteiger partial charge is 0.480 e. The molecule has 0 amide bonds. The second-order valence-corrected chi connectivity index (χ2v) is 5.73. The highest BCUT2D eigenvalue weighted by Gasteiger charge is 2.26. The first-order chi connectivity index (χ1) is 8.85. The standard InChI is InChI=1S/C10H17N3O5S/c1-3-18-4-5-19(16,17)12-9(10(14)15)8-6-11-13(2)7-8/h6-7,9,12H,3-5H2,1-2H3,(H,14,15). The molecule has 1 aromatic heterocycles. The van der Waals surface area contributed by atoms with Crippen LogP contribution in [0.3, 0.4) is 0 Å². The summed E-state index contributed by atoms with van der Waals surface area (Å²) in [5, 5.41) is 12.9. The molecule has 2 N–H and O–H groups in total. The highest BCUT2D eigenvalue weighted by atomic mass is 32.2. The second kappa shape index (κ2) is 6.64. The predicted molar refractivity (Wildman–Crippen MR) is 67.0 cm³/mol. The first-order valence-electron chi connectivity index (χ1n) is 5.65. The number of nitrogens with zero attached hydrogens (tertiary/aromatic N) is 2. The van der Waals surface area contributed by atoms with E-state index < -0.39 is 22.0 Å². The van der Waals surface area contributed by atoms with E-state index in [1.165, 1.54) is 17.1 Å². The van der Waals surface area contributed by atoms with E-state index in [1.807, 2.05) is 0 Å². The summed E-state index contributed by atoms with van der Waals surface area (Å²) in [5.74, 6) is -1.57. The lowest BCUT2D eigenvalue weighted by atomic mass is 10.2. The number of carbonyl (C=O) groups is 1. The van der Waals surface area contributed by atoms with Gasteiger partial charge in [0.05, 0.1) is 18.6 Å². The zero-order valence-corrected chi connectivity index (χ0v) is 11.6. The fourth-order valence-electron chi connectivity index (χ4n) is 1.40. The fourth-order valence-corrected chi connectivity index (χ4v) is 2.45. The molecule has 0 spiro atoms. The zero-order valence-electron chi connectivity index (χ0n) is 10.7. The maximum Gasteiger partial charge on any atom is 0.326 e. The molecule has 1 rings (SSSR count). The van der Waals surface area contributed by atoms with E-state index in [0.717, 1.165) is 0 Å². The van der Waals surface area contributed by atoms with Gasteiger partial charge >= 0.3 is 5.97 Å². The fraction of sp³-hybridized carbons (Fsp3) is 0.600. The Hall–Kier alpha value is -1.45. The second-order valence-electron chi connectivity index (χ2n) is 3.85. The summed E-state index contributed by atoms with van der Waals surface area (Å²) in [6, 6.07) is -1.35. The predicted octanol–water partition coefficient (Wildman–Crippen LogP) is -0.498. The molecule has 0 fully saturated rings. The van der Waals surface area contributed by atoms with Crippen molar-refractivity contribution in [3.63, 3.8) is 0 Å². The van der Waals surface area contributed by atoms with Crippen LogP contribution < -0.4 is 4.72 Å². The number of aromatic nitrogens is 2. The number of carboxylic acids is 1. The summed E-state index contributed by atoms with van der Waals surface area (Å²) < 4.78 is 31.9. The maximum atomic E-state index is 11.7. The van der Waals surface area contributed by atoms with Crippen LogP contribution in [0.2, 0.25) is 0 Å². The third kappa shape index (κ3) is 4.97. The number of carboxylic acid groups (broad SMARTS) is 1. The van der Waals surface area contributed by atoms with Gasteiger partial charge in [0, 0.05) is 25.4 Å². The van der Waals surface area contributed by atoms with E-state index in [9.17, 15) is 13.2 Å². The minimum Gasteiger partial charge on any atom is -0.480 e. The highest BCUT2D eigenvalue weighted by Crippen LogP contribution is 2.13. The Morgan fingerprint density at radius 1 is 1.63 bits per heavy atom. The molecule has 0 aliphatic carbocycles. The van der Waals surface area contributed by atoms with E-state index in [4.69, 9.17) is 9.84 Å². The monoisotopic (exact) mass is 291 g/mol. The lowest BCUT2D eigenvalue weighted by Gasteiger charge is -2.13. The van der Waals surface area contributed by atoms with E-state index in [2.05, 4.69) is 9.82 Å². The van der Waals surface area contributed by atoms with Crippen molar-refractivity contribution in [2.45, 2.75) is 13.0 Å². The van der Waals surface area contributed by atoms with Gasteiger partial charge in [-0.15, -0.1) is 0 Å². The van der Waals surface area contributed by atoms with Crippen molar-refractivity contribution in [1.29, 1.82) is 0 Å². The van der Waals surface area contributed by atoms with E-state index in [-0.39, 0.29) is 17.9 Å². The molecule has 0 saturated carbocycles. The number of sulfonamides is 1. The third-order valence-electron chi connectivity index (χ3n) is 2.30. The van der Waals surface area contributed by atoms with Gasteiger partial charge in [-0.2, -0.15) is 9.82 Å². The minimum atomic E-state index is -3.73. The van der Waals surface area contributed by atoms with Crippen LogP contribution in [0.15, 0.2) is 12.4 Å². The molecule has 19 heavy (non-hydrogen) atoms. The van der Waals surface area contributed by atoms with Crippen LogP contribution in [0, 0.1) is 0 Å². The van der Waals surface area contributed by atoms with Crippen molar-refractivity contribution in [3.8, 4) is 0 Å². The number of aliphatic carboxylic acids is 1. The molecule has 1 aromatic rings. The molecule has 0 bridgehead atoms. The van der Waals surface area contributed by atoms with Crippen molar-refractivity contribution in [2.75, 3.05) is 19.0 Å². The third-order valence-corrected chi connectivity index (χ3v) is 3.60. The Morgan fingerprint density at radius 2 is 2.32 bits per heavy atom. The van der Waals surface area contributed by atoms with E-state index in [0.29, 0.717) is 6.61 Å². The first-order valence-corrected chi connectivity index (χ1v) is 7.30. The molecule has 9 heteroatoms. The summed E-state index contributed by atoms with van der Waals surface area (Å²) in [4.78, 5) is 11.1. The number of aryl methyl sites for hydroxylation is 1. The quantitative estimate of drug-likeness (QED) is 0.625. The summed E-state index contributed by atoms with van der Waals surface area (Å²) in [6.45, 7) is 2.17. The van der Waals surface area contributed by atoms with Gasteiger partial charge in [-0.25, -0.2) is 8.42 Å². The van der Waals surface area contributed by atoms with Crippen LogP contribution >= 0.6 is 0 Å². The zero-order chi connectivity index (χ0) is 14.5. The first kappa shape index (κ1) is 15.6. The molecule has 0 aromatic carbocycles.